The Hall–Kier alpha value is -1.89. The fourth-order valence-electron chi connectivity index (χ4n) is 3.03. The lowest BCUT2D eigenvalue weighted by molar-refractivity contribution is 0.174. The topological polar surface area (TPSA) is 71.3 Å². The predicted octanol–water partition coefficient (Wildman–Crippen LogP) is 3.21. The zero-order valence-corrected chi connectivity index (χ0v) is 15.0. The molecule has 1 aliphatic rings. The van der Waals surface area contributed by atoms with Crippen molar-refractivity contribution in [1.82, 2.24) is 20.4 Å². The lowest BCUT2D eigenvalue weighted by atomic mass is 9.97. The van der Waals surface area contributed by atoms with E-state index in [1.807, 2.05) is 11.8 Å². The highest BCUT2D eigenvalue weighted by Crippen LogP contribution is 2.26. The van der Waals surface area contributed by atoms with Crippen LogP contribution in [0.3, 0.4) is 0 Å². The molecule has 0 aliphatic carbocycles. The van der Waals surface area contributed by atoms with Crippen molar-refractivity contribution < 1.29 is 9.32 Å². The third kappa shape index (κ3) is 4.35. The molecule has 0 bridgehead atoms. The normalized spacial score (nSPS) is 17.0. The minimum Gasteiger partial charge on any atom is -0.339 e. The number of hydrogen-bond acceptors (Lipinski definition) is 5. The van der Waals surface area contributed by atoms with Crippen molar-refractivity contribution in [3.8, 4) is 0 Å². The third-order valence-corrected chi connectivity index (χ3v) is 5.30. The zero-order valence-electron chi connectivity index (χ0n) is 14.2. The van der Waals surface area contributed by atoms with Crippen LogP contribution in [0.2, 0.25) is 0 Å². The molecule has 6 nitrogen and oxygen atoms in total. The molecule has 1 saturated heterocycles. The van der Waals surface area contributed by atoms with E-state index in [-0.39, 0.29) is 11.9 Å². The van der Waals surface area contributed by atoms with Crippen molar-refractivity contribution in [2.75, 3.05) is 19.6 Å². The second-order valence-corrected chi connectivity index (χ2v) is 7.55. The highest BCUT2D eigenvalue weighted by molar-refractivity contribution is 7.09. The maximum absolute atomic E-state index is 12.3. The van der Waals surface area contributed by atoms with Gasteiger partial charge >= 0.3 is 6.03 Å². The summed E-state index contributed by atoms with van der Waals surface area (Å²) >= 11 is 1.77. The molecule has 0 saturated carbocycles. The molecular formula is C17H24N4O2S. The van der Waals surface area contributed by atoms with Crippen LogP contribution in [0.25, 0.3) is 0 Å². The van der Waals surface area contributed by atoms with Crippen molar-refractivity contribution in [2.24, 2.45) is 5.92 Å². The summed E-state index contributed by atoms with van der Waals surface area (Å²) in [6, 6.07) is 4.25. The second-order valence-electron chi connectivity index (χ2n) is 6.52. The van der Waals surface area contributed by atoms with Gasteiger partial charge in [0.05, 0.1) is 0 Å². The lowest BCUT2D eigenvalue weighted by Crippen LogP contribution is -2.45. The number of carbonyl (C=O) groups excluding carboxylic acids is 1. The van der Waals surface area contributed by atoms with Gasteiger partial charge in [-0.15, -0.1) is 11.3 Å². The van der Waals surface area contributed by atoms with Gasteiger partial charge in [-0.1, -0.05) is 18.1 Å². The first kappa shape index (κ1) is 17.0. The van der Waals surface area contributed by atoms with Gasteiger partial charge in [0.2, 0.25) is 5.89 Å². The number of likely N-dealkylation sites (tertiary alicyclic amines) is 1. The number of piperidine rings is 1. The van der Waals surface area contributed by atoms with Crippen LogP contribution >= 0.6 is 11.3 Å². The Morgan fingerprint density at radius 3 is 2.92 bits per heavy atom. The SMILES string of the molecule is Cc1noc(C2CCN(C(=O)NC[C@H](C)Cc3cccs3)CC2)n1. The molecule has 0 spiro atoms. The van der Waals surface area contributed by atoms with Crippen LogP contribution in [0.4, 0.5) is 4.79 Å². The first-order chi connectivity index (χ1) is 11.6. The zero-order chi connectivity index (χ0) is 16.9. The van der Waals surface area contributed by atoms with Gasteiger partial charge in [0.25, 0.3) is 0 Å². The van der Waals surface area contributed by atoms with Crippen molar-refractivity contribution in [2.45, 2.75) is 39.0 Å². The van der Waals surface area contributed by atoms with Gasteiger partial charge in [0.15, 0.2) is 5.82 Å². The van der Waals surface area contributed by atoms with E-state index in [9.17, 15) is 4.79 Å². The average Bonchev–Trinajstić information content (AvgIpc) is 3.24. The summed E-state index contributed by atoms with van der Waals surface area (Å²) in [5, 5.41) is 9.00. The highest BCUT2D eigenvalue weighted by atomic mass is 32.1. The van der Waals surface area contributed by atoms with Crippen LogP contribution in [-0.4, -0.2) is 40.7 Å². The number of thiophene rings is 1. The minimum atomic E-state index is 0.0354. The van der Waals surface area contributed by atoms with Gasteiger partial charge < -0.3 is 14.7 Å². The van der Waals surface area contributed by atoms with Gasteiger partial charge in [-0.2, -0.15) is 4.98 Å². The van der Waals surface area contributed by atoms with E-state index >= 15 is 0 Å². The molecule has 7 heteroatoms. The molecule has 3 rings (SSSR count). The van der Waals surface area contributed by atoms with E-state index in [0.29, 0.717) is 24.2 Å². The van der Waals surface area contributed by atoms with Crippen LogP contribution in [0.1, 0.15) is 42.3 Å². The molecule has 2 aromatic rings. The fraction of sp³-hybridized carbons (Fsp3) is 0.588. The maximum Gasteiger partial charge on any atom is 0.317 e. The average molecular weight is 348 g/mol. The van der Waals surface area contributed by atoms with Gasteiger partial charge in [0, 0.05) is 30.4 Å². The number of urea groups is 1. The monoisotopic (exact) mass is 348 g/mol. The Morgan fingerprint density at radius 1 is 1.50 bits per heavy atom. The number of carbonyl (C=O) groups is 1. The molecule has 2 amide bonds. The highest BCUT2D eigenvalue weighted by Gasteiger charge is 2.27. The fourth-order valence-corrected chi connectivity index (χ4v) is 3.90. The van der Waals surface area contributed by atoms with Crippen molar-refractivity contribution in [3.63, 3.8) is 0 Å². The second kappa shape index (κ2) is 7.79. The summed E-state index contributed by atoms with van der Waals surface area (Å²) in [5.41, 5.74) is 0. The molecule has 1 aliphatic heterocycles. The molecule has 0 radical (unpaired) electrons. The predicted molar refractivity (Wildman–Crippen MR) is 93.2 cm³/mol. The summed E-state index contributed by atoms with van der Waals surface area (Å²) in [6.07, 6.45) is 2.76. The van der Waals surface area contributed by atoms with Gasteiger partial charge in [-0.05, 0) is 43.6 Å². The van der Waals surface area contributed by atoms with E-state index in [0.717, 1.165) is 32.4 Å². The standard InChI is InChI=1S/C17H24N4O2S/c1-12(10-15-4-3-9-24-15)11-18-17(22)21-7-5-14(6-8-21)16-19-13(2)20-23-16/h3-4,9,12,14H,5-8,10-11H2,1-2H3,(H,18,22)/t12-/m1/s1. The number of nitrogens with one attached hydrogen (secondary N) is 1. The van der Waals surface area contributed by atoms with Gasteiger partial charge in [-0.25, -0.2) is 4.79 Å². The molecule has 24 heavy (non-hydrogen) atoms. The smallest absolute Gasteiger partial charge is 0.317 e. The lowest BCUT2D eigenvalue weighted by Gasteiger charge is -2.30. The Labute approximate surface area is 146 Å². The molecular weight excluding hydrogens is 324 g/mol. The number of rotatable bonds is 5. The number of nitrogens with zero attached hydrogens (tertiary/aromatic N) is 3. The molecule has 0 unspecified atom stereocenters. The van der Waals surface area contributed by atoms with Crippen LogP contribution in [0.5, 0.6) is 0 Å². The Bertz CT molecular complexity index is 647. The molecule has 1 atom stereocenters. The Kier molecular flexibility index (Phi) is 5.50. The van der Waals surface area contributed by atoms with Gasteiger partial charge in [-0.3, -0.25) is 0 Å². The van der Waals surface area contributed by atoms with Crippen LogP contribution < -0.4 is 5.32 Å². The maximum atomic E-state index is 12.3. The number of amides is 2. The van der Waals surface area contributed by atoms with Crippen molar-refractivity contribution in [1.29, 1.82) is 0 Å². The van der Waals surface area contributed by atoms with E-state index in [1.54, 1.807) is 11.3 Å². The molecule has 130 valence electrons. The summed E-state index contributed by atoms with van der Waals surface area (Å²) < 4.78 is 5.25. The molecule has 0 aromatic carbocycles. The molecule has 3 heterocycles. The molecule has 2 aromatic heterocycles. The summed E-state index contributed by atoms with van der Waals surface area (Å²) in [4.78, 5) is 19.9. The van der Waals surface area contributed by atoms with Crippen LogP contribution in [-0.2, 0) is 6.42 Å². The van der Waals surface area contributed by atoms with Gasteiger partial charge in [0.1, 0.15) is 0 Å². The molecule has 1 fully saturated rings. The van der Waals surface area contributed by atoms with E-state index in [2.05, 4.69) is 39.9 Å². The van der Waals surface area contributed by atoms with E-state index in [1.165, 1.54) is 4.88 Å². The van der Waals surface area contributed by atoms with Crippen LogP contribution in [0.15, 0.2) is 22.0 Å². The van der Waals surface area contributed by atoms with E-state index in [4.69, 9.17) is 4.52 Å². The number of aryl methyl sites for hydroxylation is 1. The van der Waals surface area contributed by atoms with Crippen molar-refractivity contribution >= 4 is 17.4 Å². The van der Waals surface area contributed by atoms with E-state index < -0.39 is 0 Å². The summed E-state index contributed by atoms with van der Waals surface area (Å²) in [6.45, 7) is 6.17. The third-order valence-electron chi connectivity index (χ3n) is 4.41. The first-order valence-electron chi connectivity index (χ1n) is 8.47. The Morgan fingerprint density at radius 2 is 2.29 bits per heavy atom. The first-order valence-corrected chi connectivity index (χ1v) is 9.35. The Balaban J connectivity index is 1.40. The molecule has 1 N–H and O–H groups in total. The summed E-state index contributed by atoms with van der Waals surface area (Å²) in [5.74, 6) is 2.08. The number of aromatic nitrogens is 2. The minimum absolute atomic E-state index is 0.0354. The summed E-state index contributed by atoms with van der Waals surface area (Å²) in [7, 11) is 0. The quantitative estimate of drug-likeness (QED) is 0.901. The van der Waals surface area contributed by atoms with Crippen molar-refractivity contribution in [3.05, 3.63) is 34.1 Å². The van der Waals surface area contributed by atoms with Crippen LogP contribution in [0, 0.1) is 12.8 Å². The number of hydrogen-bond donors (Lipinski definition) is 1. The largest absolute Gasteiger partial charge is 0.339 e.